The van der Waals surface area contributed by atoms with Gasteiger partial charge in [-0.3, -0.25) is 4.90 Å². The van der Waals surface area contributed by atoms with E-state index in [0.717, 1.165) is 58.5 Å². The van der Waals surface area contributed by atoms with Crippen molar-refractivity contribution in [1.29, 1.82) is 0 Å². The molecule has 2 saturated heterocycles. The number of carbonyl (C=O) groups excluding carboxylic acids is 2. The zero-order valence-corrected chi connectivity index (χ0v) is 16.5. The molecule has 0 bridgehead atoms. The van der Waals surface area contributed by atoms with E-state index in [1.165, 1.54) is 0 Å². The van der Waals surface area contributed by atoms with Gasteiger partial charge >= 0.3 is 12.1 Å². The van der Waals surface area contributed by atoms with E-state index >= 15 is 0 Å². The SMILES string of the molecule is CCCNC(=O)NCCN(C1CCOCC1)C1CCN(C(=O)N(C)C)C1. The molecule has 0 aromatic heterocycles. The van der Waals surface area contributed by atoms with E-state index in [0.29, 0.717) is 25.2 Å². The van der Waals surface area contributed by atoms with Crippen LogP contribution in [-0.2, 0) is 4.74 Å². The second-order valence-electron chi connectivity index (χ2n) is 7.33. The second kappa shape index (κ2) is 10.6. The normalized spacial score (nSPS) is 21.1. The fourth-order valence-electron chi connectivity index (χ4n) is 3.75. The zero-order chi connectivity index (χ0) is 18.9. The molecule has 2 heterocycles. The van der Waals surface area contributed by atoms with Crippen LogP contribution < -0.4 is 10.6 Å². The van der Waals surface area contributed by atoms with Crippen molar-refractivity contribution in [3.8, 4) is 0 Å². The second-order valence-corrected chi connectivity index (χ2v) is 7.33. The standard InChI is InChI=1S/C18H35N5O3/c1-4-8-19-17(24)20-9-11-23(15-6-12-26-13-7-15)16-5-10-22(14-16)18(25)21(2)3/h15-16H,4-14H2,1-3H3,(H2,19,20,24). The Labute approximate surface area is 157 Å². The molecular weight excluding hydrogens is 334 g/mol. The summed E-state index contributed by atoms with van der Waals surface area (Å²) in [4.78, 5) is 30.1. The maximum atomic E-state index is 12.2. The zero-order valence-electron chi connectivity index (χ0n) is 16.5. The minimum atomic E-state index is -0.102. The van der Waals surface area contributed by atoms with E-state index in [-0.39, 0.29) is 12.1 Å². The molecule has 0 aromatic carbocycles. The van der Waals surface area contributed by atoms with Crippen LogP contribution in [-0.4, -0.2) is 98.9 Å². The molecule has 8 nitrogen and oxygen atoms in total. The van der Waals surface area contributed by atoms with Gasteiger partial charge in [-0.2, -0.15) is 0 Å². The lowest BCUT2D eigenvalue weighted by Crippen LogP contribution is -2.51. The van der Waals surface area contributed by atoms with Gasteiger partial charge in [0.25, 0.3) is 0 Å². The first-order valence-electron chi connectivity index (χ1n) is 9.84. The van der Waals surface area contributed by atoms with E-state index in [1.54, 1.807) is 19.0 Å². The quantitative estimate of drug-likeness (QED) is 0.700. The largest absolute Gasteiger partial charge is 0.381 e. The molecule has 150 valence electrons. The number of amides is 4. The van der Waals surface area contributed by atoms with Crippen molar-refractivity contribution in [3.05, 3.63) is 0 Å². The van der Waals surface area contributed by atoms with Crippen LogP contribution in [0.25, 0.3) is 0 Å². The topological polar surface area (TPSA) is 77.2 Å². The molecule has 0 aromatic rings. The maximum absolute atomic E-state index is 12.2. The average molecular weight is 370 g/mol. The predicted octanol–water partition coefficient (Wildman–Crippen LogP) is 0.933. The summed E-state index contributed by atoms with van der Waals surface area (Å²) in [6, 6.07) is 0.789. The molecule has 2 rings (SSSR count). The van der Waals surface area contributed by atoms with Gasteiger partial charge in [0.2, 0.25) is 0 Å². The molecule has 1 atom stereocenters. The highest BCUT2D eigenvalue weighted by Crippen LogP contribution is 2.23. The molecule has 2 N–H and O–H groups in total. The van der Waals surface area contributed by atoms with Crippen molar-refractivity contribution in [3.63, 3.8) is 0 Å². The fourth-order valence-corrected chi connectivity index (χ4v) is 3.75. The molecule has 0 aliphatic carbocycles. The van der Waals surface area contributed by atoms with Gasteiger partial charge in [-0.1, -0.05) is 6.92 Å². The Bertz CT molecular complexity index is 454. The summed E-state index contributed by atoms with van der Waals surface area (Å²) in [7, 11) is 3.59. The Morgan fingerprint density at radius 2 is 1.77 bits per heavy atom. The molecule has 4 amide bonds. The van der Waals surface area contributed by atoms with Crippen LogP contribution in [0, 0.1) is 0 Å². The van der Waals surface area contributed by atoms with Gasteiger partial charge in [0, 0.05) is 72.1 Å². The van der Waals surface area contributed by atoms with Gasteiger partial charge in [-0.25, -0.2) is 9.59 Å². The molecule has 8 heteroatoms. The molecular formula is C18H35N5O3. The monoisotopic (exact) mass is 369 g/mol. The van der Waals surface area contributed by atoms with Crippen molar-refractivity contribution in [2.24, 2.45) is 0 Å². The van der Waals surface area contributed by atoms with E-state index in [2.05, 4.69) is 15.5 Å². The molecule has 1 unspecified atom stereocenters. The van der Waals surface area contributed by atoms with Crippen LogP contribution in [0.2, 0.25) is 0 Å². The minimum Gasteiger partial charge on any atom is -0.381 e. The summed E-state index contributed by atoms with van der Waals surface area (Å²) in [6.07, 6.45) is 3.94. The number of ether oxygens (including phenoxy) is 1. The number of hydrogen-bond donors (Lipinski definition) is 2. The molecule has 0 saturated carbocycles. The highest BCUT2D eigenvalue weighted by Gasteiger charge is 2.34. The lowest BCUT2D eigenvalue weighted by atomic mass is 10.0. The number of carbonyl (C=O) groups is 2. The Morgan fingerprint density at radius 3 is 2.42 bits per heavy atom. The number of rotatable bonds is 7. The van der Waals surface area contributed by atoms with Crippen LogP contribution in [0.1, 0.15) is 32.6 Å². The molecule has 2 aliphatic heterocycles. The van der Waals surface area contributed by atoms with E-state index < -0.39 is 0 Å². The summed E-state index contributed by atoms with van der Waals surface area (Å²) < 4.78 is 5.51. The number of urea groups is 2. The van der Waals surface area contributed by atoms with Gasteiger partial charge in [-0.15, -0.1) is 0 Å². The highest BCUT2D eigenvalue weighted by molar-refractivity contribution is 5.74. The van der Waals surface area contributed by atoms with E-state index in [1.807, 2.05) is 11.8 Å². The Hall–Kier alpha value is -1.54. The molecule has 2 aliphatic rings. The summed E-state index contributed by atoms with van der Waals surface area (Å²) in [6.45, 7) is 7.29. The number of nitrogens with one attached hydrogen (secondary N) is 2. The van der Waals surface area contributed by atoms with Crippen molar-refractivity contribution in [1.82, 2.24) is 25.3 Å². The van der Waals surface area contributed by atoms with Crippen LogP contribution in [0.5, 0.6) is 0 Å². The fraction of sp³-hybridized carbons (Fsp3) is 0.889. The van der Waals surface area contributed by atoms with Crippen LogP contribution in [0.15, 0.2) is 0 Å². The summed E-state index contributed by atoms with van der Waals surface area (Å²) in [5.74, 6) is 0. The van der Waals surface area contributed by atoms with E-state index in [4.69, 9.17) is 4.74 Å². The van der Waals surface area contributed by atoms with Crippen molar-refractivity contribution < 1.29 is 14.3 Å². The van der Waals surface area contributed by atoms with Gasteiger partial charge in [0.05, 0.1) is 0 Å². The van der Waals surface area contributed by atoms with Crippen molar-refractivity contribution >= 4 is 12.1 Å². The average Bonchev–Trinajstić information content (AvgIpc) is 3.13. The number of likely N-dealkylation sites (tertiary alicyclic amines) is 1. The Balaban J connectivity index is 1.89. The molecule has 2 fully saturated rings. The van der Waals surface area contributed by atoms with Crippen molar-refractivity contribution in [2.45, 2.75) is 44.7 Å². The smallest absolute Gasteiger partial charge is 0.319 e. The summed E-state index contributed by atoms with van der Waals surface area (Å²) >= 11 is 0. The third-order valence-corrected chi connectivity index (χ3v) is 5.14. The first kappa shape index (κ1) is 20.8. The van der Waals surface area contributed by atoms with Crippen molar-refractivity contribution in [2.75, 3.05) is 60.0 Å². The maximum Gasteiger partial charge on any atom is 0.319 e. The van der Waals surface area contributed by atoms with Gasteiger partial charge < -0.3 is 25.2 Å². The number of hydrogen-bond acceptors (Lipinski definition) is 4. The lowest BCUT2D eigenvalue weighted by molar-refractivity contribution is 0.0191. The third-order valence-electron chi connectivity index (χ3n) is 5.14. The van der Waals surface area contributed by atoms with Gasteiger partial charge in [0.1, 0.15) is 0 Å². The van der Waals surface area contributed by atoms with Crippen LogP contribution in [0.4, 0.5) is 9.59 Å². The molecule has 0 spiro atoms. The van der Waals surface area contributed by atoms with Crippen LogP contribution >= 0.6 is 0 Å². The summed E-state index contributed by atoms with van der Waals surface area (Å²) in [5, 5.41) is 5.79. The Morgan fingerprint density at radius 1 is 1.08 bits per heavy atom. The van der Waals surface area contributed by atoms with Crippen LogP contribution in [0.3, 0.4) is 0 Å². The minimum absolute atomic E-state index is 0.0801. The lowest BCUT2D eigenvalue weighted by Gasteiger charge is -2.38. The number of nitrogens with zero attached hydrogens (tertiary/aromatic N) is 3. The third kappa shape index (κ3) is 6.02. The first-order chi connectivity index (χ1) is 12.5. The van der Waals surface area contributed by atoms with Gasteiger partial charge in [0.15, 0.2) is 0 Å². The van der Waals surface area contributed by atoms with Gasteiger partial charge in [-0.05, 0) is 25.7 Å². The Kier molecular flexibility index (Phi) is 8.44. The summed E-state index contributed by atoms with van der Waals surface area (Å²) in [5.41, 5.74) is 0. The molecule has 26 heavy (non-hydrogen) atoms. The highest BCUT2D eigenvalue weighted by atomic mass is 16.5. The predicted molar refractivity (Wildman–Crippen MR) is 101 cm³/mol. The first-order valence-corrected chi connectivity index (χ1v) is 9.84. The molecule has 0 radical (unpaired) electrons. The van der Waals surface area contributed by atoms with E-state index in [9.17, 15) is 9.59 Å².